The lowest BCUT2D eigenvalue weighted by molar-refractivity contribution is 0.639. The second-order valence-corrected chi connectivity index (χ2v) is 6.67. The number of benzene rings is 2. The Morgan fingerprint density at radius 2 is 1.75 bits per heavy atom. The van der Waals surface area contributed by atoms with Crippen molar-refractivity contribution in [3.05, 3.63) is 69.2 Å². The van der Waals surface area contributed by atoms with E-state index in [1.54, 1.807) is 23.5 Å². The van der Waals surface area contributed by atoms with Crippen LogP contribution in [-0.4, -0.2) is 0 Å². The number of hydrogen-bond acceptors (Lipinski definition) is 1. The summed E-state index contributed by atoms with van der Waals surface area (Å²) in [5.41, 5.74) is 2.16. The van der Waals surface area contributed by atoms with Crippen LogP contribution in [0.3, 0.4) is 0 Å². The molecule has 1 aromatic heterocycles. The van der Waals surface area contributed by atoms with Crippen LogP contribution in [0.2, 0.25) is 0 Å². The van der Waals surface area contributed by atoms with E-state index >= 15 is 0 Å². The average molecular weight is 305 g/mol. The third kappa shape index (κ3) is 2.23. The van der Waals surface area contributed by atoms with E-state index in [2.05, 4.69) is 19.9 Å². The van der Waals surface area contributed by atoms with Crippen LogP contribution < -0.4 is 0 Å². The summed E-state index contributed by atoms with van der Waals surface area (Å²) in [6, 6.07) is 12.9. The summed E-state index contributed by atoms with van der Waals surface area (Å²) in [5, 5.41) is 1.28. The molecule has 1 unspecified atom stereocenters. The molecule has 2 aromatic carbocycles. The predicted octanol–water partition coefficient (Wildman–Crippen LogP) is 5.99. The maximum Gasteiger partial charge on any atom is 0.131 e. The van der Waals surface area contributed by atoms with Crippen molar-refractivity contribution in [2.75, 3.05) is 0 Å². The standard InChI is InChI=1S/C17H14ClFS/c1-10-9-11(2)20-17(10)16(18)14-7-8-15(19)13-6-4-3-5-12(13)14/h3-9,16H,1-2H3. The van der Waals surface area contributed by atoms with E-state index in [-0.39, 0.29) is 11.2 Å². The number of fused-ring (bicyclic) bond motifs is 1. The Balaban J connectivity index is 2.20. The molecule has 102 valence electrons. The fraction of sp³-hybridized carbons (Fsp3) is 0.176. The normalized spacial score (nSPS) is 12.8. The molecule has 0 aliphatic heterocycles. The van der Waals surface area contributed by atoms with E-state index < -0.39 is 0 Å². The van der Waals surface area contributed by atoms with Crippen LogP contribution >= 0.6 is 22.9 Å². The maximum absolute atomic E-state index is 13.9. The van der Waals surface area contributed by atoms with E-state index in [4.69, 9.17) is 11.6 Å². The number of alkyl halides is 1. The van der Waals surface area contributed by atoms with Gasteiger partial charge in [0, 0.05) is 15.1 Å². The van der Waals surface area contributed by atoms with Gasteiger partial charge in [0.25, 0.3) is 0 Å². The van der Waals surface area contributed by atoms with E-state index in [1.807, 2.05) is 18.2 Å². The Bertz CT molecular complexity index is 776. The highest BCUT2D eigenvalue weighted by molar-refractivity contribution is 7.12. The molecular weight excluding hydrogens is 291 g/mol. The molecule has 0 fully saturated rings. The highest BCUT2D eigenvalue weighted by atomic mass is 35.5. The first-order valence-electron chi connectivity index (χ1n) is 6.46. The Hall–Kier alpha value is -1.38. The predicted molar refractivity (Wildman–Crippen MR) is 85.4 cm³/mol. The minimum absolute atomic E-state index is 0.202. The molecule has 1 atom stereocenters. The third-order valence-corrected chi connectivity index (χ3v) is 5.29. The van der Waals surface area contributed by atoms with Crippen molar-refractivity contribution in [2.24, 2.45) is 0 Å². The van der Waals surface area contributed by atoms with Gasteiger partial charge >= 0.3 is 0 Å². The lowest BCUT2D eigenvalue weighted by Crippen LogP contribution is -1.95. The smallest absolute Gasteiger partial charge is 0.131 e. The molecule has 3 heteroatoms. The quantitative estimate of drug-likeness (QED) is 0.510. The molecule has 0 saturated carbocycles. The van der Waals surface area contributed by atoms with Gasteiger partial charge in [0.05, 0.1) is 5.38 Å². The number of halogens is 2. The van der Waals surface area contributed by atoms with E-state index in [9.17, 15) is 4.39 Å². The molecule has 3 rings (SSSR count). The molecule has 0 N–H and O–H groups in total. The van der Waals surface area contributed by atoms with Crippen LogP contribution in [0.15, 0.2) is 42.5 Å². The second-order valence-electron chi connectivity index (χ2n) is 4.95. The van der Waals surface area contributed by atoms with Gasteiger partial charge in [0.2, 0.25) is 0 Å². The Kier molecular flexibility index (Phi) is 3.53. The Morgan fingerprint density at radius 1 is 1.05 bits per heavy atom. The molecule has 1 heterocycles. The van der Waals surface area contributed by atoms with Crippen molar-refractivity contribution in [1.82, 2.24) is 0 Å². The Labute approximate surface area is 126 Å². The maximum atomic E-state index is 13.9. The summed E-state index contributed by atoms with van der Waals surface area (Å²) in [4.78, 5) is 2.38. The van der Waals surface area contributed by atoms with Crippen LogP contribution in [0.1, 0.15) is 26.3 Å². The molecule has 0 aliphatic carbocycles. The van der Waals surface area contributed by atoms with Crippen LogP contribution in [0.5, 0.6) is 0 Å². The van der Waals surface area contributed by atoms with Crippen LogP contribution in [0.25, 0.3) is 10.8 Å². The van der Waals surface area contributed by atoms with E-state index in [0.717, 1.165) is 15.8 Å². The monoisotopic (exact) mass is 304 g/mol. The van der Waals surface area contributed by atoms with Crippen LogP contribution in [0.4, 0.5) is 4.39 Å². The minimum atomic E-state index is -0.237. The van der Waals surface area contributed by atoms with Crippen LogP contribution in [-0.2, 0) is 0 Å². The fourth-order valence-electron chi connectivity index (χ4n) is 2.56. The molecule has 0 amide bonds. The van der Waals surface area contributed by atoms with Crippen molar-refractivity contribution in [3.63, 3.8) is 0 Å². The molecule has 20 heavy (non-hydrogen) atoms. The number of rotatable bonds is 2. The van der Waals surface area contributed by atoms with Gasteiger partial charge in [-0.3, -0.25) is 0 Å². The van der Waals surface area contributed by atoms with Gasteiger partial charge in [-0.25, -0.2) is 4.39 Å². The van der Waals surface area contributed by atoms with Gasteiger partial charge in [-0.1, -0.05) is 30.3 Å². The zero-order chi connectivity index (χ0) is 14.3. The van der Waals surface area contributed by atoms with Gasteiger partial charge in [-0.15, -0.1) is 22.9 Å². The van der Waals surface area contributed by atoms with Gasteiger partial charge in [-0.05, 0) is 42.5 Å². The summed E-state index contributed by atoms with van der Waals surface area (Å²) in [6.45, 7) is 4.15. The van der Waals surface area contributed by atoms with Gasteiger partial charge < -0.3 is 0 Å². The summed E-state index contributed by atoms with van der Waals surface area (Å²) < 4.78 is 13.9. The second kappa shape index (κ2) is 5.19. The summed E-state index contributed by atoms with van der Waals surface area (Å²) in [5.74, 6) is -0.202. The summed E-state index contributed by atoms with van der Waals surface area (Å²) >= 11 is 8.37. The highest BCUT2D eigenvalue weighted by Crippen LogP contribution is 2.39. The first-order valence-corrected chi connectivity index (χ1v) is 7.71. The first-order chi connectivity index (χ1) is 9.58. The van der Waals surface area contributed by atoms with Crippen molar-refractivity contribution in [3.8, 4) is 0 Å². The summed E-state index contributed by atoms with van der Waals surface area (Å²) in [6.07, 6.45) is 0. The van der Waals surface area contributed by atoms with E-state index in [0.29, 0.717) is 5.39 Å². The lowest BCUT2D eigenvalue weighted by atomic mass is 10.00. The third-order valence-electron chi connectivity index (χ3n) is 3.49. The van der Waals surface area contributed by atoms with Crippen LogP contribution in [0, 0.1) is 19.7 Å². The fourth-order valence-corrected chi connectivity index (χ4v) is 4.09. The van der Waals surface area contributed by atoms with Crippen molar-refractivity contribution < 1.29 is 4.39 Å². The van der Waals surface area contributed by atoms with Gasteiger partial charge in [0.1, 0.15) is 5.82 Å². The Morgan fingerprint density at radius 3 is 2.40 bits per heavy atom. The van der Waals surface area contributed by atoms with Crippen molar-refractivity contribution in [2.45, 2.75) is 19.2 Å². The largest absolute Gasteiger partial charge is 0.206 e. The van der Waals surface area contributed by atoms with Gasteiger partial charge in [-0.2, -0.15) is 0 Å². The zero-order valence-corrected chi connectivity index (χ0v) is 12.9. The average Bonchev–Trinajstić information content (AvgIpc) is 2.78. The first kappa shape index (κ1) is 13.6. The summed E-state index contributed by atoms with van der Waals surface area (Å²) in [7, 11) is 0. The van der Waals surface area contributed by atoms with Crippen molar-refractivity contribution in [1.29, 1.82) is 0 Å². The number of aryl methyl sites for hydroxylation is 2. The molecule has 0 aliphatic rings. The SMILES string of the molecule is Cc1cc(C)c(C(Cl)c2ccc(F)c3ccccc23)s1. The molecular formula is C17H14ClFS. The molecule has 0 bridgehead atoms. The van der Waals surface area contributed by atoms with E-state index in [1.165, 1.54) is 16.5 Å². The minimum Gasteiger partial charge on any atom is -0.206 e. The van der Waals surface area contributed by atoms with Crippen molar-refractivity contribution >= 4 is 33.7 Å². The highest BCUT2D eigenvalue weighted by Gasteiger charge is 2.19. The molecule has 0 nitrogen and oxygen atoms in total. The molecule has 3 aromatic rings. The number of hydrogen-bond donors (Lipinski definition) is 0. The topological polar surface area (TPSA) is 0 Å². The molecule has 0 spiro atoms. The molecule has 0 radical (unpaired) electrons. The lowest BCUT2D eigenvalue weighted by Gasteiger charge is -2.13. The number of thiophene rings is 1. The van der Waals surface area contributed by atoms with Gasteiger partial charge in [0.15, 0.2) is 0 Å². The molecule has 0 saturated heterocycles. The zero-order valence-electron chi connectivity index (χ0n) is 11.3.